The fourth-order valence-corrected chi connectivity index (χ4v) is 1.45. The molecule has 18 heavy (non-hydrogen) atoms. The van der Waals surface area contributed by atoms with Crippen LogP contribution in [-0.2, 0) is 9.59 Å². The lowest BCUT2D eigenvalue weighted by atomic mass is 10.0. The molecule has 104 valence electrons. The molecule has 0 aromatic rings. The Morgan fingerprint density at radius 3 is 2.11 bits per heavy atom. The van der Waals surface area contributed by atoms with Gasteiger partial charge in [0, 0.05) is 0 Å². The van der Waals surface area contributed by atoms with Crippen molar-refractivity contribution in [2.45, 2.75) is 45.7 Å². The van der Waals surface area contributed by atoms with E-state index in [1.165, 1.54) is 0 Å². The van der Waals surface area contributed by atoms with Crippen molar-refractivity contribution in [1.29, 1.82) is 0 Å². The Morgan fingerprint density at radius 1 is 1.22 bits per heavy atom. The van der Waals surface area contributed by atoms with Gasteiger partial charge in [-0.25, -0.2) is 9.59 Å². The molecule has 1 unspecified atom stereocenters. The van der Waals surface area contributed by atoms with Gasteiger partial charge in [0.1, 0.15) is 12.1 Å². The third-order valence-electron chi connectivity index (χ3n) is 2.44. The molecule has 0 radical (unpaired) electrons. The van der Waals surface area contributed by atoms with E-state index in [9.17, 15) is 14.4 Å². The maximum absolute atomic E-state index is 11.6. The van der Waals surface area contributed by atoms with Gasteiger partial charge in [-0.1, -0.05) is 27.2 Å². The zero-order valence-electron chi connectivity index (χ0n) is 10.9. The summed E-state index contributed by atoms with van der Waals surface area (Å²) in [6.07, 6.45) is 0.951. The normalized spacial score (nSPS) is 13.8. The quantitative estimate of drug-likeness (QED) is 0.516. The van der Waals surface area contributed by atoms with E-state index < -0.39 is 30.0 Å². The van der Waals surface area contributed by atoms with Crippen molar-refractivity contribution in [2.24, 2.45) is 11.7 Å². The topological polar surface area (TPSA) is 122 Å². The van der Waals surface area contributed by atoms with Crippen LogP contribution in [0.3, 0.4) is 0 Å². The van der Waals surface area contributed by atoms with E-state index in [1.807, 2.05) is 6.92 Å². The van der Waals surface area contributed by atoms with E-state index in [-0.39, 0.29) is 5.92 Å². The first-order chi connectivity index (χ1) is 8.29. The number of carbonyl (C=O) groups is 3. The number of carbonyl (C=O) groups excluding carboxylic acids is 2. The van der Waals surface area contributed by atoms with Gasteiger partial charge < -0.3 is 21.5 Å². The predicted octanol–water partition coefficient (Wildman–Crippen LogP) is 0.0488. The second kappa shape index (κ2) is 7.52. The molecule has 0 aliphatic heterocycles. The molecule has 0 aromatic carbocycles. The second-order valence-corrected chi connectivity index (χ2v) is 4.42. The van der Waals surface area contributed by atoms with E-state index >= 15 is 0 Å². The number of nitrogens with two attached hydrogens (primary N) is 1. The largest absolute Gasteiger partial charge is 0.480 e. The first-order valence-electron chi connectivity index (χ1n) is 5.88. The van der Waals surface area contributed by atoms with Crippen LogP contribution in [0.2, 0.25) is 0 Å². The number of primary amides is 1. The van der Waals surface area contributed by atoms with Gasteiger partial charge in [0.05, 0.1) is 0 Å². The minimum Gasteiger partial charge on any atom is -0.480 e. The van der Waals surface area contributed by atoms with Gasteiger partial charge in [0.15, 0.2) is 0 Å². The molecule has 5 N–H and O–H groups in total. The summed E-state index contributed by atoms with van der Waals surface area (Å²) in [4.78, 5) is 33.5. The Hall–Kier alpha value is -1.79. The highest BCUT2D eigenvalue weighted by molar-refractivity contribution is 5.88. The minimum absolute atomic E-state index is 0.164. The zero-order chi connectivity index (χ0) is 14.3. The van der Waals surface area contributed by atoms with E-state index in [0.717, 1.165) is 0 Å². The number of carboxylic acid groups (broad SMARTS) is 1. The van der Waals surface area contributed by atoms with Crippen LogP contribution in [0.15, 0.2) is 0 Å². The van der Waals surface area contributed by atoms with Gasteiger partial charge >= 0.3 is 12.0 Å². The van der Waals surface area contributed by atoms with Crippen LogP contribution < -0.4 is 16.4 Å². The fourth-order valence-electron chi connectivity index (χ4n) is 1.45. The molecule has 0 aliphatic rings. The molecule has 0 rings (SSSR count). The number of nitrogens with one attached hydrogen (secondary N) is 2. The molecule has 0 aliphatic carbocycles. The van der Waals surface area contributed by atoms with Gasteiger partial charge in [0.2, 0.25) is 5.91 Å². The molecule has 0 heterocycles. The summed E-state index contributed by atoms with van der Waals surface area (Å²) in [5.41, 5.74) is 5.14. The number of hydrogen-bond acceptors (Lipinski definition) is 3. The van der Waals surface area contributed by atoms with Crippen molar-refractivity contribution >= 4 is 17.9 Å². The van der Waals surface area contributed by atoms with Crippen molar-refractivity contribution in [1.82, 2.24) is 10.6 Å². The number of rotatable bonds is 7. The summed E-state index contributed by atoms with van der Waals surface area (Å²) in [6.45, 7) is 5.28. The monoisotopic (exact) mass is 259 g/mol. The van der Waals surface area contributed by atoms with Gasteiger partial charge in [-0.2, -0.15) is 0 Å². The van der Waals surface area contributed by atoms with Crippen molar-refractivity contribution in [3.8, 4) is 0 Å². The lowest BCUT2D eigenvalue weighted by molar-refractivity contribution is -0.139. The average molecular weight is 259 g/mol. The summed E-state index contributed by atoms with van der Waals surface area (Å²) >= 11 is 0. The molecular formula is C11H21N3O4. The average Bonchev–Trinajstić information content (AvgIpc) is 2.24. The standard InChI is InChI=1S/C11H21N3O4/c1-4-5-7(10(16)17)13-11(18)14-8(6(2)3)9(12)15/h6-8H,4-5H2,1-3H3,(H2,12,15)(H,16,17)(H2,13,14,18)/t7-,8?/m0/s1. The Kier molecular flexibility index (Phi) is 6.77. The molecular weight excluding hydrogens is 238 g/mol. The summed E-state index contributed by atoms with van der Waals surface area (Å²) < 4.78 is 0. The highest BCUT2D eigenvalue weighted by atomic mass is 16.4. The maximum atomic E-state index is 11.6. The van der Waals surface area contributed by atoms with Crippen LogP contribution in [0, 0.1) is 5.92 Å². The maximum Gasteiger partial charge on any atom is 0.326 e. The van der Waals surface area contributed by atoms with Crippen LogP contribution in [0.5, 0.6) is 0 Å². The molecule has 0 saturated heterocycles. The Labute approximate surface area is 106 Å². The van der Waals surface area contributed by atoms with Crippen LogP contribution in [0.1, 0.15) is 33.6 Å². The Morgan fingerprint density at radius 2 is 1.78 bits per heavy atom. The van der Waals surface area contributed by atoms with Gasteiger partial charge in [-0.15, -0.1) is 0 Å². The number of carboxylic acids is 1. The van der Waals surface area contributed by atoms with E-state index in [2.05, 4.69) is 10.6 Å². The molecule has 0 spiro atoms. The Bertz CT molecular complexity index is 317. The van der Waals surface area contributed by atoms with Crippen molar-refractivity contribution < 1.29 is 19.5 Å². The van der Waals surface area contributed by atoms with Crippen molar-refractivity contribution in [2.75, 3.05) is 0 Å². The summed E-state index contributed by atoms with van der Waals surface area (Å²) in [5.74, 6) is -1.92. The minimum atomic E-state index is -1.10. The van der Waals surface area contributed by atoms with Crippen molar-refractivity contribution in [3.63, 3.8) is 0 Å². The molecule has 2 atom stereocenters. The first-order valence-corrected chi connectivity index (χ1v) is 5.88. The predicted molar refractivity (Wildman–Crippen MR) is 65.8 cm³/mol. The molecule has 0 aromatic heterocycles. The van der Waals surface area contributed by atoms with Crippen molar-refractivity contribution in [3.05, 3.63) is 0 Å². The second-order valence-electron chi connectivity index (χ2n) is 4.42. The van der Waals surface area contributed by atoms with Crippen LogP contribution in [0.25, 0.3) is 0 Å². The third kappa shape index (κ3) is 5.51. The van der Waals surface area contributed by atoms with E-state index in [0.29, 0.717) is 12.8 Å². The number of aliphatic carboxylic acids is 1. The number of hydrogen-bond donors (Lipinski definition) is 4. The molecule has 0 bridgehead atoms. The molecule has 7 heteroatoms. The summed E-state index contributed by atoms with van der Waals surface area (Å²) in [5, 5.41) is 13.5. The van der Waals surface area contributed by atoms with Crippen LogP contribution >= 0.6 is 0 Å². The van der Waals surface area contributed by atoms with Crippen LogP contribution in [-0.4, -0.2) is 35.1 Å². The number of urea groups is 1. The van der Waals surface area contributed by atoms with Crippen LogP contribution in [0.4, 0.5) is 4.79 Å². The first kappa shape index (κ1) is 16.2. The van der Waals surface area contributed by atoms with Gasteiger partial charge in [0.25, 0.3) is 0 Å². The highest BCUT2D eigenvalue weighted by Crippen LogP contribution is 2.01. The fraction of sp³-hybridized carbons (Fsp3) is 0.727. The highest BCUT2D eigenvalue weighted by Gasteiger charge is 2.24. The Balaban J connectivity index is 4.47. The lowest BCUT2D eigenvalue weighted by Crippen LogP contribution is -2.54. The smallest absolute Gasteiger partial charge is 0.326 e. The van der Waals surface area contributed by atoms with E-state index in [4.69, 9.17) is 10.8 Å². The molecule has 3 amide bonds. The summed E-state index contributed by atoms with van der Waals surface area (Å²) in [6, 6.07) is -2.48. The zero-order valence-corrected chi connectivity index (χ0v) is 10.9. The van der Waals surface area contributed by atoms with E-state index in [1.54, 1.807) is 13.8 Å². The van der Waals surface area contributed by atoms with Gasteiger partial charge in [-0.3, -0.25) is 4.79 Å². The third-order valence-corrected chi connectivity index (χ3v) is 2.44. The SMILES string of the molecule is CCC[C@H](NC(=O)NC(C(N)=O)C(C)C)C(=O)O. The number of amides is 3. The van der Waals surface area contributed by atoms with Gasteiger partial charge in [-0.05, 0) is 12.3 Å². The lowest BCUT2D eigenvalue weighted by Gasteiger charge is -2.21. The molecule has 0 fully saturated rings. The summed E-state index contributed by atoms with van der Waals surface area (Å²) in [7, 11) is 0. The molecule has 0 saturated carbocycles. The molecule has 7 nitrogen and oxygen atoms in total.